The summed E-state index contributed by atoms with van der Waals surface area (Å²) in [5.41, 5.74) is 4.97. The SMILES string of the molecule is COc1ccc(NS(=O)(=O)c2cccc(C(=O)OC(C)C(=O)NNC(=O)c3ccccc3)c2)cc1. The number of carbonyl (C=O) groups excluding carboxylic acids is 3. The maximum absolute atomic E-state index is 12.7. The van der Waals surface area contributed by atoms with Gasteiger partial charge in [-0.1, -0.05) is 24.3 Å². The van der Waals surface area contributed by atoms with E-state index in [0.717, 1.165) is 6.07 Å². The number of amides is 2. The van der Waals surface area contributed by atoms with Crippen LogP contribution in [-0.4, -0.2) is 39.4 Å². The summed E-state index contributed by atoms with van der Waals surface area (Å²) in [6.45, 7) is 1.31. The summed E-state index contributed by atoms with van der Waals surface area (Å²) in [6.07, 6.45) is -1.27. The van der Waals surface area contributed by atoms with Crippen molar-refractivity contribution in [2.45, 2.75) is 17.9 Å². The van der Waals surface area contributed by atoms with Gasteiger partial charge in [-0.15, -0.1) is 0 Å². The van der Waals surface area contributed by atoms with E-state index < -0.39 is 33.9 Å². The molecular formula is C24H23N3O7S. The van der Waals surface area contributed by atoms with Gasteiger partial charge in [0.1, 0.15) is 5.75 Å². The largest absolute Gasteiger partial charge is 0.497 e. The van der Waals surface area contributed by atoms with E-state index in [4.69, 9.17) is 9.47 Å². The summed E-state index contributed by atoms with van der Waals surface area (Å²) in [5.74, 6) is -1.66. The van der Waals surface area contributed by atoms with Crippen LogP contribution in [0.25, 0.3) is 0 Å². The lowest BCUT2D eigenvalue weighted by Gasteiger charge is -2.14. The number of carbonyl (C=O) groups is 3. The number of benzene rings is 3. The van der Waals surface area contributed by atoms with E-state index in [1.54, 1.807) is 42.5 Å². The van der Waals surface area contributed by atoms with Crippen LogP contribution in [0.5, 0.6) is 5.75 Å². The molecule has 0 aliphatic heterocycles. The van der Waals surface area contributed by atoms with Gasteiger partial charge in [-0.05, 0) is 61.5 Å². The van der Waals surface area contributed by atoms with Crippen molar-refractivity contribution in [3.63, 3.8) is 0 Å². The van der Waals surface area contributed by atoms with Crippen LogP contribution in [-0.2, 0) is 19.6 Å². The van der Waals surface area contributed by atoms with Gasteiger partial charge in [-0.2, -0.15) is 0 Å². The molecule has 182 valence electrons. The summed E-state index contributed by atoms with van der Waals surface area (Å²) >= 11 is 0. The molecule has 3 N–H and O–H groups in total. The molecule has 3 rings (SSSR count). The van der Waals surface area contributed by atoms with Crippen molar-refractivity contribution < 1.29 is 32.3 Å². The molecule has 11 heteroatoms. The fraction of sp³-hybridized carbons (Fsp3) is 0.125. The van der Waals surface area contributed by atoms with Crippen LogP contribution in [0.2, 0.25) is 0 Å². The predicted octanol–water partition coefficient (Wildman–Crippen LogP) is 2.50. The van der Waals surface area contributed by atoms with Gasteiger partial charge in [-0.3, -0.25) is 25.2 Å². The van der Waals surface area contributed by atoms with Crippen LogP contribution in [0.3, 0.4) is 0 Å². The Labute approximate surface area is 202 Å². The average Bonchev–Trinajstić information content (AvgIpc) is 2.87. The third kappa shape index (κ3) is 6.81. The Balaban J connectivity index is 1.61. The van der Waals surface area contributed by atoms with E-state index in [-0.39, 0.29) is 10.5 Å². The topological polar surface area (TPSA) is 140 Å². The lowest BCUT2D eigenvalue weighted by molar-refractivity contribution is -0.129. The molecule has 0 spiro atoms. The van der Waals surface area contributed by atoms with Crippen LogP contribution in [0.4, 0.5) is 5.69 Å². The van der Waals surface area contributed by atoms with Crippen molar-refractivity contribution in [3.05, 3.63) is 90.0 Å². The van der Waals surface area contributed by atoms with Crippen LogP contribution in [0.1, 0.15) is 27.6 Å². The van der Waals surface area contributed by atoms with Crippen LogP contribution in [0, 0.1) is 0 Å². The number of methoxy groups -OCH3 is 1. The maximum atomic E-state index is 12.7. The Morgan fingerprint density at radius 3 is 2.14 bits per heavy atom. The van der Waals surface area contributed by atoms with Crippen molar-refractivity contribution >= 4 is 33.5 Å². The molecule has 1 unspecified atom stereocenters. The van der Waals surface area contributed by atoms with E-state index in [1.807, 2.05) is 0 Å². The second-order valence-electron chi connectivity index (χ2n) is 7.22. The maximum Gasteiger partial charge on any atom is 0.338 e. The molecule has 0 saturated carbocycles. The van der Waals surface area contributed by atoms with E-state index in [9.17, 15) is 22.8 Å². The predicted molar refractivity (Wildman–Crippen MR) is 127 cm³/mol. The highest BCUT2D eigenvalue weighted by molar-refractivity contribution is 7.92. The number of rotatable bonds is 8. The number of esters is 1. The van der Waals surface area contributed by atoms with Crippen LogP contribution < -0.4 is 20.3 Å². The van der Waals surface area contributed by atoms with E-state index in [1.165, 1.54) is 44.4 Å². The first-order valence-corrected chi connectivity index (χ1v) is 11.8. The Bertz CT molecular complexity index is 1310. The second kappa shape index (κ2) is 11.2. The Hall–Kier alpha value is -4.38. The summed E-state index contributed by atoms with van der Waals surface area (Å²) in [4.78, 5) is 36.5. The molecule has 10 nitrogen and oxygen atoms in total. The smallest absolute Gasteiger partial charge is 0.338 e. The van der Waals surface area contributed by atoms with Crippen molar-refractivity contribution in [3.8, 4) is 5.75 Å². The lowest BCUT2D eigenvalue weighted by Crippen LogP contribution is -2.46. The van der Waals surface area contributed by atoms with Crippen molar-refractivity contribution in [2.24, 2.45) is 0 Å². The number of nitrogens with one attached hydrogen (secondary N) is 3. The summed E-state index contributed by atoms with van der Waals surface area (Å²) in [7, 11) is -2.51. The molecular weight excluding hydrogens is 474 g/mol. The van der Waals surface area contributed by atoms with Gasteiger partial charge >= 0.3 is 5.97 Å². The van der Waals surface area contributed by atoms with Crippen molar-refractivity contribution in [2.75, 3.05) is 11.8 Å². The summed E-state index contributed by atoms with van der Waals surface area (Å²) < 4.78 is 38.0. The third-order valence-electron chi connectivity index (χ3n) is 4.71. The molecule has 0 radical (unpaired) electrons. The first kappa shape index (κ1) is 25.2. The highest BCUT2D eigenvalue weighted by Crippen LogP contribution is 2.20. The number of hydrogen-bond donors (Lipinski definition) is 3. The molecule has 0 saturated heterocycles. The minimum atomic E-state index is -4.00. The molecule has 1 atom stereocenters. The zero-order chi connectivity index (χ0) is 25.4. The van der Waals surface area contributed by atoms with Gasteiger partial charge in [0.25, 0.3) is 21.8 Å². The molecule has 0 bridgehead atoms. The normalized spacial score (nSPS) is 11.6. The van der Waals surface area contributed by atoms with Gasteiger partial charge in [0.2, 0.25) is 0 Å². The molecule has 0 heterocycles. The number of anilines is 1. The fourth-order valence-corrected chi connectivity index (χ4v) is 3.93. The number of hydrazine groups is 1. The minimum Gasteiger partial charge on any atom is -0.497 e. The molecule has 35 heavy (non-hydrogen) atoms. The number of hydrogen-bond acceptors (Lipinski definition) is 7. The molecule has 3 aromatic rings. The zero-order valence-electron chi connectivity index (χ0n) is 18.8. The van der Waals surface area contributed by atoms with Gasteiger partial charge in [0, 0.05) is 11.3 Å². The van der Waals surface area contributed by atoms with E-state index in [2.05, 4.69) is 15.6 Å². The number of ether oxygens (including phenoxy) is 2. The monoisotopic (exact) mass is 497 g/mol. The molecule has 3 aromatic carbocycles. The van der Waals surface area contributed by atoms with Crippen LogP contribution in [0.15, 0.2) is 83.8 Å². The quantitative estimate of drug-likeness (QED) is 0.321. The first-order chi connectivity index (χ1) is 16.7. The average molecular weight is 498 g/mol. The van der Waals surface area contributed by atoms with Crippen molar-refractivity contribution in [1.82, 2.24) is 10.9 Å². The van der Waals surface area contributed by atoms with Gasteiger partial charge in [-0.25, -0.2) is 13.2 Å². The highest BCUT2D eigenvalue weighted by atomic mass is 32.2. The molecule has 0 aromatic heterocycles. The second-order valence-corrected chi connectivity index (χ2v) is 8.90. The standard InChI is InChI=1S/C24H23N3O7S/c1-16(22(28)25-26-23(29)17-7-4-3-5-8-17)34-24(30)18-9-6-10-21(15-18)35(31,32)27-19-11-13-20(33-2)14-12-19/h3-16,27H,1-2H3,(H,25,28)(H,26,29). The van der Waals surface area contributed by atoms with Gasteiger partial charge in [0.15, 0.2) is 6.10 Å². The summed E-state index contributed by atoms with van der Waals surface area (Å²) in [5, 5.41) is 0. The summed E-state index contributed by atoms with van der Waals surface area (Å²) in [6, 6.07) is 19.7. The zero-order valence-corrected chi connectivity index (χ0v) is 19.7. The van der Waals surface area contributed by atoms with E-state index in [0.29, 0.717) is 17.0 Å². The van der Waals surface area contributed by atoms with E-state index >= 15 is 0 Å². The number of sulfonamides is 1. The first-order valence-electron chi connectivity index (χ1n) is 10.3. The highest BCUT2D eigenvalue weighted by Gasteiger charge is 2.22. The lowest BCUT2D eigenvalue weighted by atomic mass is 10.2. The van der Waals surface area contributed by atoms with Gasteiger partial charge in [0.05, 0.1) is 17.6 Å². The molecule has 0 fully saturated rings. The van der Waals surface area contributed by atoms with Crippen molar-refractivity contribution in [1.29, 1.82) is 0 Å². The Morgan fingerprint density at radius 1 is 0.829 bits per heavy atom. The van der Waals surface area contributed by atoms with Crippen LogP contribution >= 0.6 is 0 Å². The Morgan fingerprint density at radius 2 is 1.49 bits per heavy atom. The minimum absolute atomic E-state index is 0.0735. The third-order valence-corrected chi connectivity index (χ3v) is 6.09. The molecule has 0 aliphatic rings. The fourth-order valence-electron chi connectivity index (χ4n) is 2.83. The Kier molecular flexibility index (Phi) is 8.05. The van der Waals surface area contributed by atoms with Gasteiger partial charge < -0.3 is 9.47 Å². The molecule has 2 amide bonds. The molecule has 0 aliphatic carbocycles.